The predicted octanol–water partition coefficient (Wildman–Crippen LogP) is 3.37. The number of aromatic nitrogens is 1. The van der Waals surface area contributed by atoms with Crippen molar-refractivity contribution in [3.8, 4) is 6.07 Å². The fourth-order valence-electron chi connectivity index (χ4n) is 1.35. The SMILES string of the molecule is CC.Cc1cc2cc(C#N)ccc2[nH]1. The van der Waals surface area contributed by atoms with Gasteiger partial charge in [0.15, 0.2) is 0 Å². The van der Waals surface area contributed by atoms with Gasteiger partial charge < -0.3 is 4.98 Å². The first-order valence-corrected chi connectivity index (χ1v) is 4.79. The molecule has 0 saturated carbocycles. The summed E-state index contributed by atoms with van der Waals surface area (Å²) in [6, 6.07) is 9.79. The van der Waals surface area contributed by atoms with Crippen LogP contribution in [0, 0.1) is 18.3 Å². The molecule has 0 atom stereocenters. The number of H-pyrrole nitrogens is 1. The highest BCUT2D eigenvalue weighted by molar-refractivity contribution is 5.81. The number of aryl methyl sites for hydroxylation is 1. The van der Waals surface area contributed by atoms with Crippen molar-refractivity contribution < 1.29 is 0 Å². The molecule has 0 spiro atoms. The third kappa shape index (κ3) is 1.94. The molecule has 1 aromatic carbocycles. The third-order valence-electron chi connectivity index (χ3n) is 1.88. The van der Waals surface area contributed by atoms with Gasteiger partial charge in [0.2, 0.25) is 0 Å². The van der Waals surface area contributed by atoms with Crippen LogP contribution in [-0.4, -0.2) is 4.98 Å². The van der Waals surface area contributed by atoms with Gasteiger partial charge in [-0.2, -0.15) is 5.26 Å². The Morgan fingerprint density at radius 3 is 2.57 bits per heavy atom. The van der Waals surface area contributed by atoms with Gasteiger partial charge in [-0.25, -0.2) is 0 Å². The van der Waals surface area contributed by atoms with Crippen molar-refractivity contribution in [1.29, 1.82) is 5.26 Å². The highest BCUT2D eigenvalue weighted by Gasteiger charge is 1.97. The number of benzene rings is 1. The van der Waals surface area contributed by atoms with Gasteiger partial charge in [-0.1, -0.05) is 13.8 Å². The van der Waals surface area contributed by atoms with Gasteiger partial charge in [0.05, 0.1) is 11.6 Å². The maximum atomic E-state index is 8.64. The molecule has 0 amide bonds. The fourth-order valence-corrected chi connectivity index (χ4v) is 1.35. The Morgan fingerprint density at radius 1 is 1.21 bits per heavy atom. The first-order chi connectivity index (χ1) is 6.79. The van der Waals surface area contributed by atoms with Gasteiger partial charge in [-0.15, -0.1) is 0 Å². The van der Waals surface area contributed by atoms with Crippen LogP contribution < -0.4 is 0 Å². The van der Waals surface area contributed by atoms with Crippen molar-refractivity contribution in [3.05, 3.63) is 35.5 Å². The summed E-state index contributed by atoms with van der Waals surface area (Å²) in [7, 11) is 0. The highest BCUT2D eigenvalue weighted by Crippen LogP contribution is 2.15. The molecule has 14 heavy (non-hydrogen) atoms. The van der Waals surface area contributed by atoms with Crippen molar-refractivity contribution >= 4 is 10.9 Å². The molecule has 0 saturated heterocycles. The molecular weight excluding hydrogens is 172 g/mol. The normalized spacial score (nSPS) is 9.00. The van der Waals surface area contributed by atoms with E-state index in [2.05, 4.69) is 11.1 Å². The van der Waals surface area contributed by atoms with E-state index in [1.54, 1.807) is 0 Å². The molecule has 72 valence electrons. The lowest BCUT2D eigenvalue weighted by Gasteiger charge is -1.88. The quantitative estimate of drug-likeness (QED) is 0.673. The van der Waals surface area contributed by atoms with E-state index < -0.39 is 0 Å². The van der Waals surface area contributed by atoms with Crippen LogP contribution in [0.3, 0.4) is 0 Å². The van der Waals surface area contributed by atoms with Gasteiger partial charge in [0.25, 0.3) is 0 Å². The topological polar surface area (TPSA) is 39.6 Å². The maximum Gasteiger partial charge on any atom is 0.0991 e. The van der Waals surface area contributed by atoms with Crippen LogP contribution in [0.4, 0.5) is 0 Å². The molecule has 1 N–H and O–H groups in total. The van der Waals surface area contributed by atoms with E-state index in [9.17, 15) is 0 Å². The molecule has 0 fully saturated rings. The lowest BCUT2D eigenvalue weighted by molar-refractivity contribution is 1.30. The minimum atomic E-state index is 0.710. The van der Waals surface area contributed by atoms with Gasteiger partial charge >= 0.3 is 0 Å². The van der Waals surface area contributed by atoms with Crippen LogP contribution in [0.2, 0.25) is 0 Å². The van der Waals surface area contributed by atoms with E-state index in [0.717, 1.165) is 16.6 Å². The van der Waals surface area contributed by atoms with Crippen molar-refractivity contribution in [2.75, 3.05) is 0 Å². The first-order valence-electron chi connectivity index (χ1n) is 4.79. The van der Waals surface area contributed by atoms with E-state index >= 15 is 0 Å². The minimum absolute atomic E-state index is 0.710. The monoisotopic (exact) mass is 186 g/mol. The molecule has 0 aliphatic rings. The predicted molar refractivity (Wildman–Crippen MR) is 59.1 cm³/mol. The molecule has 2 heteroatoms. The molecule has 2 nitrogen and oxygen atoms in total. The number of fused-ring (bicyclic) bond motifs is 1. The molecule has 0 radical (unpaired) electrons. The van der Waals surface area contributed by atoms with Gasteiger partial charge in [-0.05, 0) is 31.2 Å². The maximum absolute atomic E-state index is 8.64. The van der Waals surface area contributed by atoms with Crippen molar-refractivity contribution in [1.82, 2.24) is 4.98 Å². The summed E-state index contributed by atoms with van der Waals surface area (Å²) in [5.41, 5.74) is 2.92. The number of nitrogens with zero attached hydrogens (tertiary/aromatic N) is 1. The molecule has 0 aliphatic carbocycles. The van der Waals surface area contributed by atoms with Gasteiger partial charge in [0, 0.05) is 16.6 Å². The lowest BCUT2D eigenvalue weighted by Crippen LogP contribution is -1.72. The number of nitriles is 1. The number of aromatic amines is 1. The van der Waals surface area contributed by atoms with Crippen molar-refractivity contribution in [3.63, 3.8) is 0 Å². The third-order valence-corrected chi connectivity index (χ3v) is 1.88. The second kappa shape index (κ2) is 4.48. The Labute approximate surface area is 84.2 Å². The van der Waals surface area contributed by atoms with Crippen LogP contribution in [0.5, 0.6) is 0 Å². The van der Waals surface area contributed by atoms with E-state index in [1.165, 1.54) is 0 Å². The molecule has 1 heterocycles. The van der Waals surface area contributed by atoms with E-state index in [-0.39, 0.29) is 0 Å². The first kappa shape index (κ1) is 10.3. The molecule has 2 rings (SSSR count). The van der Waals surface area contributed by atoms with Gasteiger partial charge in [-0.3, -0.25) is 0 Å². The van der Waals surface area contributed by atoms with E-state index in [4.69, 9.17) is 5.26 Å². The van der Waals surface area contributed by atoms with Crippen LogP contribution in [-0.2, 0) is 0 Å². The van der Waals surface area contributed by atoms with Crippen LogP contribution in [0.15, 0.2) is 24.3 Å². The fraction of sp³-hybridized carbons (Fsp3) is 0.250. The zero-order valence-corrected chi connectivity index (χ0v) is 8.76. The summed E-state index contributed by atoms with van der Waals surface area (Å²) in [5.74, 6) is 0. The largest absolute Gasteiger partial charge is 0.359 e. The van der Waals surface area contributed by atoms with Crippen LogP contribution >= 0.6 is 0 Å². The average Bonchev–Trinajstić information content (AvgIpc) is 2.59. The van der Waals surface area contributed by atoms with Gasteiger partial charge in [0.1, 0.15) is 0 Å². The molecule has 1 aromatic heterocycles. The Hall–Kier alpha value is -1.75. The smallest absolute Gasteiger partial charge is 0.0991 e. The summed E-state index contributed by atoms with van der Waals surface area (Å²) < 4.78 is 0. The van der Waals surface area contributed by atoms with Crippen LogP contribution in [0.1, 0.15) is 25.1 Å². The highest BCUT2D eigenvalue weighted by atomic mass is 14.7. The summed E-state index contributed by atoms with van der Waals surface area (Å²) in [6.07, 6.45) is 0. The number of rotatable bonds is 0. The second-order valence-electron chi connectivity index (χ2n) is 2.87. The van der Waals surface area contributed by atoms with Crippen molar-refractivity contribution in [2.45, 2.75) is 20.8 Å². The molecular formula is C12H14N2. The lowest BCUT2D eigenvalue weighted by atomic mass is 10.2. The summed E-state index contributed by atoms with van der Waals surface area (Å²) in [5, 5.41) is 9.75. The number of hydrogen-bond donors (Lipinski definition) is 1. The molecule has 0 unspecified atom stereocenters. The molecule has 0 bridgehead atoms. The standard InChI is InChI=1S/C10H8N2.C2H6/c1-7-4-9-5-8(6-11)2-3-10(9)12-7;1-2/h2-5,12H,1H3;1-2H3. The Balaban J connectivity index is 0.000000461. The Bertz CT molecular complexity index is 461. The van der Waals surface area contributed by atoms with E-state index in [1.807, 2.05) is 45.0 Å². The second-order valence-corrected chi connectivity index (χ2v) is 2.87. The Morgan fingerprint density at radius 2 is 1.93 bits per heavy atom. The van der Waals surface area contributed by atoms with Crippen molar-refractivity contribution in [2.24, 2.45) is 0 Å². The van der Waals surface area contributed by atoms with Crippen LogP contribution in [0.25, 0.3) is 10.9 Å². The number of nitrogens with one attached hydrogen (secondary N) is 1. The minimum Gasteiger partial charge on any atom is -0.359 e. The number of hydrogen-bond acceptors (Lipinski definition) is 1. The zero-order chi connectivity index (χ0) is 10.6. The van der Waals surface area contributed by atoms with E-state index in [0.29, 0.717) is 5.56 Å². The Kier molecular flexibility index (Phi) is 3.30. The summed E-state index contributed by atoms with van der Waals surface area (Å²) >= 11 is 0. The molecule has 0 aliphatic heterocycles. The average molecular weight is 186 g/mol. The summed E-state index contributed by atoms with van der Waals surface area (Å²) in [4.78, 5) is 3.20. The molecule has 2 aromatic rings. The summed E-state index contributed by atoms with van der Waals surface area (Å²) in [6.45, 7) is 6.01. The zero-order valence-electron chi connectivity index (χ0n) is 8.76.